The van der Waals surface area contributed by atoms with Gasteiger partial charge in [-0.25, -0.2) is 14.8 Å². The number of rotatable bonds is 9. The fourth-order valence-electron chi connectivity index (χ4n) is 3.89. The van der Waals surface area contributed by atoms with Gasteiger partial charge in [-0.3, -0.25) is 10.1 Å². The molecule has 180 valence electrons. The number of anilines is 1. The second-order valence-corrected chi connectivity index (χ2v) is 8.40. The zero-order chi connectivity index (χ0) is 24.8. The number of amides is 2. The Morgan fingerprint density at radius 1 is 1.09 bits per heavy atom. The Balaban J connectivity index is 1.58. The second kappa shape index (κ2) is 10.8. The van der Waals surface area contributed by atoms with Crippen LogP contribution < -0.4 is 10.6 Å². The lowest BCUT2D eigenvalue weighted by atomic mass is 10.2. The van der Waals surface area contributed by atoms with Gasteiger partial charge in [0.2, 0.25) is 0 Å². The number of hydrogen-bond acceptors (Lipinski definition) is 5. The lowest BCUT2D eigenvalue weighted by Crippen LogP contribution is -2.28. The van der Waals surface area contributed by atoms with E-state index in [-0.39, 0.29) is 11.7 Å². The first kappa shape index (κ1) is 23.9. The predicted octanol–water partition coefficient (Wildman–Crippen LogP) is 5.36. The van der Waals surface area contributed by atoms with Crippen LogP contribution >= 0.6 is 0 Å². The van der Waals surface area contributed by atoms with Crippen molar-refractivity contribution in [2.45, 2.75) is 46.2 Å². The minimum absolute atomic E-state index is 0.0608. The zero-order valence-corrected chi connectivity index (χ0v) is 19.8. The highest BCUT2D eigenvalue weighted by Gasteiger charge is 2.17. The average Bonchev–Trinajstić information content (AvgIpc) is 3.22. The van der Waals surface area contributed by atoms with Gasteiger partial charge in [0.1, 0.15) is 11.3 Å². The number of carbonyl (C=O) groups is 1. The third kappa shape index (κ3) is 5.63. The fraction of sp³-hybridized carbons (Fsp3) is 0.269. The molecule has 0 spiro atoms. The van der Waals surface area contributed by atoms with E-state index < -0.39 is 4.92 Å². The Bertz CT molecular complexity index is 1330. The van der Waals surface area contributed by atoms with E-state index in [2.05, 4.69) is 27.1 Å². The molecule has 0 unspecified atom stereocenters. The van der Waals surface area contributed by atoms with Gasteiger partial charge in [-0.2, -0.15) is 0 Å². The van der Waals surface area contributed by atoms with Gasteiger partial charge in [0.05, 0.1) is 23.4 Å². The van der Waals surface area contributed by atoms with Crippen molar-refractivity contribution in [1.29, 1.82) is 0 Å². The number of fused-ring (bicyclic) bond motifs is 1. The highest BCUT2D eigenvalue weighted by Crippen LogP contribution is 2.26. The van der Waals surface area contributed by atoms with Crippen LogP contribution in [-0.2, 0) is 19.5 Å². The van der Waals surface area contributed by atoms with Gasteiger partial charge in [-0.1, -0.05) is 55.8 Å². The maximum Gasteiger partial charge on any atom is 0.319 e. The van der Waals surface area contributed by atoms with Gasteiger partial charge in [0, 0.05) is 30.7 Å². The summed E-state index contributed by atoms with van der Waals surface area (Å²) in [6.45, 7) is 4.98. The molecule has 2 aromatic carbocycles. The number of nitro benzene ring substituents is 1. The molecule has 0 aliphatic heterocycles. The van der Waals surface area contributed by atoms with E-state index >= 15 is 0 Å². The van der Waals surface area contributed by atoms with Crippen LogP contribution in [-0.4, -0.2) is 25.5 Å². The lowest BCUT2D eigenvalue weighted by Gasteiger charge is -2.11. The Kier molecular flexibility index (Phi) is 7.35. The Morgan fingerprint density at radius 2 is 1.83 bits per heavy atom. The monoisotopic (exact) mass is 472 g/mol. The Hall–Kier alpha value is -4.27. The summed E-state index contributed by atoms with van der Waals surface area (Å²) in [4.78, 5) is 32.6. The van der Waals surface area contributed by atoms with Crippen molar-refractivity contribution in [2.75, 3.05) is 5.32 Å². The van der Waals surface area contributed by atoms with Gasteiger partial charge in [-0.05, 0) is 24.5 Å². The number of hydrogen-bond donors (Lipinski definition) is 2. The molecule has 2 aromatic heterocycles. The van der Waals surface area contributed by atoms with E-state index in [9.17, 15) is 14.9 Å². The molecule has 0 atom stereocenters. The van der Waals surface area contributed by atoms with Crippen molar-refractivity contribution in [1.82, 2.24) is 19.9 Å². The summed E-state index contributed by atoms with van der Waals surface area (Å²) in [7, 11) is 0. The molecule has 2 N–H and O–H groups in total. The number of pyridine rings is 1. The summed E-state index contributed by atoms with van der Waals surface area (Å²) >= 11 is 0. The van der Waals surface area contributed by atoms with Gasteiger partial charge >= 0.3 is 6.03 Å². The maximum atomic E-state index is 12.5. The number of benzene rings is 2. The van der Waals surface area contributed by atoms with E-state index in [1.165, 1.54) is 12.1 Å². The summed E-state index contributed by atoms with van der Waals surface area (Å²) in [5, 5.41) is 16.7. The van der Waals surface area contributed by atoms with Crippen LogP contribution in [0.4, 0.5) is 16.2 Å². The van der Waals surface area contributed by atoms with Crippen LogP contribution in [0.15, 0.2) is 60.8 Å². The lowest BCUT2D eigenvalue weighted by molar-refractivity contribution is -0.384. The largest absolute Gasteiger partial charge is 0.334 e. The standard InChI is InChI=1S/C26H28N6O3/c1-3-4-10-23-30-24-18(2)22(29-26(33)28-15-19-8-6-5-7-9-19)16-27-25(24)31(23)17-20-11-13-21(14-12-20)32(34)35/h5-9,11-14,16H,3-4,10,15,17H2,1-2H3,(H2,28,29,33). The number of nitro groups is 1. The minimum atomic E-state index is -0.404. The molecule has 9 nitrogen and oxygen atoms in total. The molecule has 0 saturated heterocycles. The molecule has 0 fully saturated rings. The maximum absolute atomic E-state index is 12.5. The molecule has 0 bridgehead atoms. The molecular formula is C26H28N6O3. The van der Waals surface area contributed by atoms with E-state index in [1.54, 1.807) is 18.3 Å². The summed E-state index contributed by atoms with van der Waals surface area (Å²) < 4.78 is 2.05. The molecule has 4 aromatic rings. The summed E-state index contributed by atoms with van der Waals surface area (Å²) in [6, 6.07) is 15.9. The summed E-state index contributed by atoms with van der Waals surface area (Å²) in [5.74, 6) is 0.904. The molecule has 4 rings (SSSR count). The number of aryl methyl sites for hydroxylation is 2. The van der Waals surface area contributed by atoms with E-state index in [0.717, 1.165) is 52.9 Å². The van der Waals surface area contributed by atoms with Crippen LogP contribution in [0.3, 0.4) is 0 Å². The topological polar surface area (TPSA) is 115 Å². The summed E-state index contributed by atoms with van der Waals surface area (Å²) in [6.07, 6.45) is 4.45. The normalized spacial score (nSPS) is 10.9. The third-order valence-corrected chi connectivity index (χ3v) is 5.88. The van der Waals surface area contributed by atoms with E-state index in [1.807, 2.05) is 37.3 Å². The number of aromatic nitrogens is 3. The van der Waals surface area contributed by atoms with Gasteiger partial charge in [-0.15, -0.1) is 0 Å². The molecule has 2 amide bonds. The number of non-ortho nitro benzene ring substituents is 1. The summed E-state index contributed by atoms with van der Waals surface area (Å²) in [5.41, 5.74) is 4.90. The van der Waals surface area contributed by atoms with Gasteiger partial charge in [0.25, 0.3) is 5.69 Å². The quantitative estimate of drug-likeness (QED) is 0.251. The van der Waals surface area contributed by atoms with Crippen LogP contribution in [0.5, 0.6) is 0 Å². The minimum Gasteiger partial charge on any atom is -0.334 e. The first-order valence-corrected chi connectivity index (χ1v) is 11.6. The molecule has 0 radical (unpaired) electrons. The smallest absolute Gasteiger partial charge is 0.319 e. The first-order chi connectivity index (χ1) is 17.0. The van der Waals surface area contributed by atoms with Crippen molar-refractivity contribution in [3.8, 4) is 0 Å². The molecule has 35 heavy (non-hydrogen) atoms. The molecule has 0 saturated carbocycles. The number of carbonyl (C=O) groups excluding carboxylic acids is 1. The Labute approximate surface area is 203 Å². The molecular weight excluding hydrogens is 444 g/mol. The van der Waals surface area contributed by atoms with E-state index in [4.69, 9.17) is 4.98 Å². The molecule has 0 aliphatic rings. The number of imidazole rings is 1. The number of nitrogens with zero attached hydrogens (tertiary/aromatic N) is 4. The van der Waals surface area contributed by atoms with Crippen molar-refractivity contribution in [3.63, 3.8) is 0 Å². The van der Waals surface area contributed by atoms with Crippen molar-refractivity contribution >= 4 is 28.6 Å². The number of urea groups is 1. The third-order valence-electron chi connectivity index (χ3n) is 5.88. The van der Waals surface area contributed by atoms with Gasteiger partial charge < -0.3 is 15.2 Å². The highest BCUT2D eigenvalue weighted by molar-refractivity contribution is 5.93. The Morgan fingerprint density at radius 3 is 2.51 bits per heavy atom. The SMILES string of the molecule is CCCCc1nc2c(C)c(NC(=O)NCc3ccccc3)cnc2n1Cc1ccc([N+](=O)[O-])cc1. The first-order valence-electron chi connectivity index (χ1n) is 11.6. The number of nitrogens with one attached hydrogen (secondary N) is 2. The van der Waals surface area contributed by atoms with E-state index in [0.29, 0.717) is 18.8 Å². The van der Waals surface area contributed by atoms with Crippen LogP contribution in [0.1, 0.15) is 42.3 Å². The van der Waals surface area contributed by atoms with Crippen LogP contribution in [0, 0.1) is 17.0 Å². The second-order valence-electron chi connectivity index (χ2n) is 8.40. The fourth-order valence-corrected chi connectivity index (χ4v) is 3.89. The molecule has 9 heteroatoms. The molecule has 0 aliphatic carbocycles. The van der Waals surface area contributed by atoms with Crippen molar-refractivity contribution < 1.29 is 9.72 Å². The van der Waals surface area contributed by atoms with Gasteiger partial charge in [0.15, 0.2) is 5.65 Å². The predicted molar refractivity (Wildman–Crippen MR) is 135 cm³/mol. The van der Waals surface area contributed by atoms with Crippen LogP contribution in [0.2, 0.25) is 0 Å². The number of unbranched alkanes of at least 4 members (excludes halogenated alkanes) is 1. The van der Waals surface area contributed by atoms with Crippen molar-refractivity contribution in [2.24, 2.45) is 0 Å². The highest BCUT2D eigenvalue weighted by atomic mass is 16.6. The average molecular weight is 473 g/mol. The van der Waals surface area contributed by atoms with Crippen LogP contribution in [0.25, 0.3) is 11.2 Å². The van der Waals surface area contributed by atoms with Crippen molar-refractivity contribution in [3.05, 3.63) is 93.4 Å². The zero-order valence-electron chi connectivity index (χ0n) is 19.8. The molecule has 2 heterocycles.